The molecule has 0 heterocycles. The van der Waals surface area contributed by atoms with Crippen molar-refractivity contribution >= 4 is 30.4 Å². The first-order valence-corrected chi connectivity index (χ1v) is 14.4. The summed E-state index contributed by atoms with van der Waals surface area (Å²) in [5.41, 5.74) is 0. The lowest BCUT2D eigenvalue weighted by molar-refractivity contribution is 0.0518. The van der Waals surface area contributed by atoms with Gasteiger partial charge in [-0.25, -0.2) is 0 Å². The van der Waals surface area contributed by atoms with Crippen LogP contribution in [0.1, 0.15) is 19.8 Å². The van der Waals surface area contributed by atoms with Gasteiger partial charge in [0.1, 0.15) is 5.75 Å². The predicted molar refractivity (Wildman–Crippen MR) is 132 cm³/mol. The highest BCUT2D eigenvalue weighted by atomic mass is 31.2. The average molecular weight is 472 g/mol. The number of ether oxygens (including phenoxy) is 2. The number of benzene rings is 3. The SMILES string of the molecule is CCCCO[P@@](=O)(CP(=O)(c1ccccc1)c1ccccc1)c1ccccc1OCOC. The van der Waals surface area contributed by atoms with E-state index in [0.29, 0.717) is 28.3 Å². The Morgan fingerprint density at radius 3 is 1.91 bits per heavy atom. The van der Waals surface area contributed by atoms with E-state index in [2.05, 4.69) is 0 Å². The van der Waals surface area contributed by atoms with Gasteiger partial charge in [0.05, 0.1) is 17.8 Å². The van der Waals surface area contributed by atoms with Crippen LogP contribution in [0.5, 0.6) is 5.75 Å². The molecule has 0 aliphatic heterocycles. The fraction of sp³-hybridized carbons (Fsp3) is 0.280. The maximum absolute atomic E-state index is 14.6. The van der Waals surface area contributed by atoms with E-state index in [1.165, 1.54) is 7.11 Å². The minimum Gasteiger partial charge on any atom is -0.467 e. The fourth-order valence-electron chi connectivity index (χ4n) is 3.44. The number of hydrogen-bond donors (Lipinski definition) is 0. The first kappa shape index (κ1) is 24.5. The molecule has 3 aromatic carbocycles. The second-order valence-corrected chi connectivity index (χ2v) is 13.2. The Kier molecular flexibility index (Phi) is 8.90. The van der Waals surface area contributed by atoms with Gasteiger partial charge >= 0.3 is 0 Å². The zero-order valence-electron chi connectivity index (χ0n) is 18.6. The summed E-state index contributed by atoms with van der Waals surface area (Å²) in [7, 11) is -5.33. The summed E-state index contributed by atoms with van der Waals surface area (Å²) in [6.45, 7) is 2.37. The van der Waals surface area contributed by atoms with Gasteiger partial charge in [0.2, 0.25) is 7.37 Å². The van der Waals surface area contributed by atoms with Gasteiger partial charge < -0.3 is 18.6 Å². The summed E-state index contributed by atoms with van der Waals surface area (Å²) in [6.07, 6.45) is 1.66. The maximum atomic E-state index is 14.6. The molecule has 0 N–H and O–H groups in total. The van der Waals surface area contributed by atoms with Gasteiger partial charge in [0.25, 0.3) is 0 Å². The molecule has 0 saturated carbocycles. The zero-order chi connectivity index (χ0) is 22.9. The van der Waals surface area contributed by atoms with Gasteiger partial charge in [-0.2, -0.15) is 0 Å². The lowest BCUT2D eigenvalue weighted by atomic mass is 10.3. The molecule has 0 spiro atoms. The predicted octanol–water partition coefficient (Wildman–Crippen LogP) is 5.36. The molecule has 0 amide bonds. The summed E-state index contributed by atoms with van der Waals surface area (Å²) in [6, 6.07) is 25.6. The monoisotopic (exact) mass is 472 g/mol. The minimum absolute atomic E-state index is 0.0149. The van der Waals surface area contributed by atoms with Crippen molar-refractivity contribution < 1.29 is 23.1 Å². The van der Waals surface area contributed by atoms with Crippen LogP contribution in [-0.4, -0.2) is 26.4 Å². The molecule has 3 aromatic rings. The normalized spacial score (nSPS) is 13.4. The van der Waals surface area contributed by atoms with E-state index in [1.54, 1.807) is 24.3 Å². The maximum Gasteiger partial charge on any atom is 0.243 e. The molecule has 1 atom stereocenters. The Morgan fingerprint density at radius 2 is 1.34 bits per heavy atom. The van der Waals surface area contributed by atoms with Crippen molar-refractivity contribution in [2.24, 2.45) is 0 Å². The van der Waals surface area contributed by atoms with Crippen molar-refractivity contribution in [1.29, 1.82) is 0 Å². The third kappa shape index (κ3) is 5.79. The quantitative estimate of drug-likeness (QED) is 0.202. The van der Waals surface area contributed by atoms with Crippen molar-refractivity contribution in [2.75, 3.05) is 26.4 Å². The van der Waals surface area contributed by atoms with Gasteiger partial charge in [-0.05, 0) is 18.6 Å². The molecule has 0 bridgehead atoms. The molecule has 32 heavy (non-hydrogen) atoms. The number of para-hydroxylation sites is 1. The molecule has 0 saturated heterocycles. The molecule has 5 nitrogen and oxygen atoms in total. The smallest absolute Gasteiger partial charge is 0.243 e. The third-order valence-corrected chi connectivity index (χ3v) is 12.1. The van der Waals surface area contributed by atoms with Crippen LogP contribution in [0.4, 0.5) is 0 Å². The fourth-order valence-corrected chi connectivity index (χ4v) is 10.7. The number of unbranched alkanes of at least 4 members (excludes halogenated alkanes) is 1. The number of hydrogen-bond acceptors (Lipinski definition) is 5. The number of methoxy groups -OCH3 is 1. The Morgan fingerprint density at radius 1 is 0.781 bits per heavy atom. The largest absolute Gasteiger partial charge is 0.467 e. The van der Waals surface area contributed by atoms with E-state index >= 15 is 0 Å². The third-order valence-electron chi connectivity index (χ3n) is 5.09. The highest BCUT2D eigenvalue weighted by molar-refractivity contribution is 7.89. The van der Waals surface area contributed by atoms with E-state index in [0.717, 1.165) is 12.8 Å². The lowest BCUT2D eigenvalue weighted by Crippen LogP contribution is -2.23. The van der Waals surface area contributed by atoms with E-state index in [-0.39, 0.29) is 12.7 Å². The summed E-state index contributed by atoms with van der Waals surface area (Å²) < 4.78 is 46.0. The molecule has 0 aromatic heterocycles. The molecular formula is C25H30O5P2. The highest BCUT2D eigenvalue weighted by Gasteiger charge is 2.40. The molecule has 0 aliphatic carbocycles. The van der Waals surface area contributed by atoms with Crippen LogP contribution in [0.2, 0.25) is 0 Å². The minimum atomic E-state index is -3.58. The Hall–Kier alpha value is -2.16. The Balaban J connectivity index is 2.12. The number of rotatable bonds is 12. The summed E-state index contributed by atoms with van der Waals surface area (Å²) in [5.74, 6) is 0.298. The molecule has 0 fully saturated rings. The van der Waals surface area contributed by atoms with Crippen LogP contribution in [0, 0.1) is 0 Å². The van der Waals surface area contributed by atoms with Crippen LogP contribution in [0.25, 0.3) is 0 Å². The van der Waals surface area contributed by atoms with Crippen LogP contribution in [0.3, 0.4) is 0 Å². The van der Waals surface area contributed by atoms with Crippen molar-refractivity contribution in [3.8, 4) is 5.75 Å². The van der Waals surface area contributed by atoms with E-state index < -0.39 is 14.5 Å². The highest BCUT2D eigenvalue weighted by Crippen LogP contribution is 2.61. The molecule has 7 heteroatoms. The Labute approximate surface area is 190 Å². The van der Waals surface area contributed by atoms with Crippen molar-refractivity contribution in [1.82, 2.24) is 0 Å². The van der Waals surface area contributed by atoms with Gasteiger partial charge in [-0.15, -0.1) is 0 Å². The summed E-state index contributed by atoms with van der Waals surface area (Å²) in [4.78, 5) is 0. The van der Waals surface area contributed by atoms with Crippen LogP contribution < -0.4 is 20.7 Å². The lowest BCUT2D eigenvalue weighted by Gasteiger charge is -2.27. The molecule has 0 radical (unpaired) electrons. The molecule has 170 valence electrons. The van der Waals surface area contributed by atoms with Crippen LogP contribution >= 0.6 is 14.5 Å². The zero-order valence-corrected chi connectivity index (χ0v) is 20.3. The molecule has 0 aliphatic rings. The summed E-state index contributed by atoms with van der Waals surface area (Å²) >= 11 is 0. The van der Waals surface area contributed by atoms with Crippen LogP contribution in [-0.2, 0) is 18.4 Å². The van der Waals surface area contributed by atoms with Gasteiger partial charge in [0, 0.05) is 17.7 Å². The van der Waals surface area contributed by atoms with E-state index in [9.17, 15) is 9.13 Å². The standard InChI is InChI=1S/C25H30O5P2/c1-3-4-19-30-32(27,25-18-12-11-17-24(25)29-20-28-2)21-31(26,22-13-7-5-8-14-22)23-15-9-6-10-16-23/h5-18H,3-4,19-21H2,1-2H3/t32-/m0/s1. The molecule has 3 rings (SSSR count). The average Bonchev–Trinajstić information content (AvgIpc) is 2.84. The summed E-state index contributed by atoms with van der Waals surface area (Å²) in [5, 5.41) is 1.74. The second-order valence-electron chi connectivity index (χ2n) is 7.43. The van der Waals surface area contributed by atoms with E-state index in [4.69, 9.17) is 14.0 Å². The van der Waals surface area contributed by atoms with Gasteiger partial charge in [-0.3, -0.25) is 4.57 Å². The van der Waals surface area contributed by atoms with Gasteiger partial charge in [0.15, 0.2) is 13.9 Å². The van der Waals surface area contributed by atoms with Crippen molar-refractivity contribution in [2.45, 2.75) is 19.8 Å². The second kappa shape index (κ2) is 11.6. The topological polar surface area (TPSA) is 61.8 Å². The first-order valence-electron chi connectivity index (χ1n) is 10.7. The van der Waals surface area contributed by atoms with E-state index in [1.807, 2.05) is 67.6 Å². The first-order chi connectivity index (χ1) is 15.5. The van der Waals surface area contributed by atoms with Crippen molar-refractivity contribution in [3.05, 3.63) is 84.9 Å². The van der Waals surface area contributed by atoms with Crippen LogP contribution in [0.15, 0.2) is 84.9 Å². The van der Waals surface area contributed by atoms with Gasteiger partial charge in [-0.1, -0.05) is 86.1 Å². The molecular weight excluding hydrogens is 442 g/mol. The Bertz CT molecular complexity index is 1030. The molecule has 0 unspecified atom stereocenters. The van der Waals surface area contributed by atoms with Crippen molar-refractivity contribution in [3.63, 3.8) is 0 Å².